The third-order valence-corrected chi connectivity index (χ3v) is 3.79. The topological polar surface area (TPSA) is 30.5 Å². The van der Waals surface area contributed by atoms with Crippen molar-refractivity contribution in [3.63, 3.8) is 0 Å². The van der Waals surface area contributed by atoms with Gasteiger partial charge in [-0.15, -0.1) is 0 Å². The Bertz CT molecular complexity index is 494. The predicted molar refractivity (Wildman–Crippen MR) is 69.1 cm³/mol. The minimum Gasteiger partial charge on any atom is -0.493 e. The van der Waals surface area contributed by atoms with Gasteiger partial charge in [0.2, 0.25) is 0 Å². The summed E-state index contributed by atoms with van der Waals surface area (Å²) in [6.45, 7) is 2.70. The van der Waals surface area contributed by atoms with E-state index in [1.807, 2.05) is 6.92 Å². The molecule has 1 heterocycles. The van der Waals surface area contributed by atoms with Gasteiger partial charge < -0.3 is 14.8 Å². The van der Waals surface area contributed by atoms with Crippen LogP contribution in [0.3, 0.4) is 0 Å². The van der Waals surface area contributed by atoms with E-state index >= 15 is 0 Å². The summed E-state index contributed by atoms with van der Waals surface area (Å²) in [4.78, 5) is 0. The number of benzene rings is 1. The van der Waals surface area contributed by atoms with Gasteiger partial charge in [0.1, 0.15) is 5.56 Å². The van der Waals surface area contributed by atoms with Crippen LogP contribution in [0.15, 0.2) is 12.1 Å². The van der Waals surface area contributed by atoms with Gasteiger partial charge in [0.25, 0.3) is 0 Å². The Hall–Kier alpha value is -1.43. The molecule has 6 heteroatoms. The Labute approximate surface area is 116 Å². The van der Waals surface area contributed by atoms with Crippen molar-refractivity contribution in [1.82, 2.24) is 5.32 Å². The molecule has 1 aromatic carbocycles. The van der Waals surface area contributed by atoms with Gasteiger partial charge >= 0.3 is 6.18 Å². The summed E-state index contributed by atoms with van der Waals surface area (Å²) in [5.41, 5.74) is -0.691. The van der Waals surface area contributed by atoms with E-state index in [-0.39, 0.29) is 11.5 Å². The molecule has 1 aromatic rings. The van der Waals surface area contributed by atoms with Crippen LogP contribution in [0.5, 0.6) is 11.5 Å². The molecule has 1 N–H and O–H groups in total. The van der Waals surface area contributed by atoms with E-state index in [1.54, 1.807) is 6.07 Å². The van der Waals surface area contributed by atoms with E-state index < -0.39 is 17.3 Å². The van der Waals surface area contributed by atoms with Crippen LogP contribution in [0.4, 0.5) is 13.2 Å². The molecule has 2 rings (SSSR count). The number of nitrogens with one attached hydrogen (secondary N) is 1. The zero-order valence-electron chi connectivity index (χ0n) is 11.7. The lowest BCUT2D eigenvalue weighted by atomic mass is 9.89. The molecule has 0 aromatic heterocycles. The lowest BCUT2D eigenvalue weighted by molar-refractivity contribution is -0.139. The average Bonchev–Trinajstić information content (AvgIpc) is 2.84. The average molecular weight is 289 g/mol. The molecule has 0 spiro atoms. The summed E-state index contributed by atoms with van der Waals surface area (Å²) in [5, 5.41) is 3.25. The highest BCUT2D eigenvalue weighted by atomic mass is 19.4. The molecule has 1 fully saturated rings. The fourth-order valence-electron chi connectivity index (χ4n) is 2.63. The molecule has 1 atom stereocenters. The number of hydrogen-bond donors (Lipinski definition) is 1. The first-order valence-electron chi connectivity index (χ1n) is 6.40. The molecule has 0 bridgehead atoms. The van der Waals surface area contributed by atoms with Crippen molar-refractivity contribution in [2.45, 2.75) is 31.5 Å². The zero-order chi connectivity index (χ0) is 15.0. The Morgan fingerprint density at radius 2 is 1.90 bits per heavy atom. The number of ether oxygens (including phenoxy) is 2. The van der Waals surface area contributed by atoms with E-state index in [4.69, 9.17) is 9.47 Å². The fourth-order valence-corrected chi connectivity index (χ4v) is 2.63. The Morgan fingerprint density at radius 3 is 2.35 bits per heavy atom. The summed E-state index contributed by atoms with van der Waals surface area (Å²) < 4.78 is 49.5. The highest BCUT2D eigenvalue weighted by Gasteiger charge is 2.39. The lowest BCUT2D eigenvalue weighted by Gasteiger charge is -2.27. The Morgan fingerprint density at radius 1 is 1.20 bits per heavy atom. The van der Waals surface area contributed by atoms with Crippen LogP contribution in [0.2, 0.25) is 0 Å². The monoisotopic (exact) mass is 289 g/mol. The van der Waals surface area contributed by atoms with E-state index in [0.717, 1.165) is 25.5 Å². The number of methoxy groups -OCH3 is 2. The van der Waals surface area contributed by atoms with E-state index in [0.29, 0.717) is 5.56 Å². The number of alkyl halides is 3. The molecule has 112 valence electrons. The summed E-state index contributed by atoms with van der Waals surface area (Å²) in [5.74, 6) is -0.169. The maximum absolute atomic E-state index is 13.2. The molecule has 0 aliphatic carbocycles. The van der Waals surface area contributed by atoms with Crippen LogP contribution in [-0.2, 0) is 11.7 Å². The molecule has 1 unspecified atom stereocenters. The van der Waals surface area contributed by atoms with E-state index in [1.165, 1.54) is 14.2 Å². The van der Waals surface area contributed by atoms with Crippen molar-refractivity contribution in [3.05, 3.63) is 23.3 Å². The molecular weight excluding hydrogens is 271 g/mol. The Kier molecular flexibility index (Phi) is 3.86. The van der Waals surface area contributed by atoms with Gasteiger partial charge in [0, 0.05) is 5.54 Å². The van der Waals surface area contributed by atoms with Crippen LogP contribution in [-0.4, -0.2) is 20.8 Å². The van der Waals surface area contributed by atoms with E-state index in [2.05, 4.69) is 5.32 Å². The van der Waals surface area contributed by atoms with Crippen molar-refractivity contribution in [2.75, 3.05) is 20.8 Å². The van der Waals surface area contributed by atoms with Crippen molar-refractivity contribution in [2.24, 2.45) is 0 Å². The van der Waals surface area contributed by atoms with Gasteiger partial charge in [-0.3, -0.25) is 0 Å². The van der Waals surface area contributed by atoms with Gasteiger partial charge in [0.05, 0.1) is 14.2 Å². The lowest BCUT2D eigenvalue weighted by Crippen LogP contribution is -2.33. The molecule has 0 saturated carbocycles. The fraction of sp³-hybridized carbons (Fsp3) is 0.571. The third-order valence-electron chi connectivity index (χ3n) is 3.79. The molecule has 20 heavy (non-hydrogen) atoms. The molecule has 1 aliphatic heterocycles. The molecule has 0 radical (unpaired) electrons. The van der Waals surface area contributed by atoms with Crippen LogP contribution in [0.25, 0.3) is 0 Å². The van der Waals surface area contributed by atoms with Crippen molar-refractivity contribution >= 4 is 0 Å². The number of rotatable bonds is 3. The van der Waals surface area contributed by atoms with Gasteiger partial charge in [-0.05, 0) is 44.0 Å². The maximum atomic E-state index is 13.2. The van der Waals surface area contributed by atoms with Crippen molar-refractivity contribution in [3.8, 4) is 11.5 Å². The molecule has 0 amide bonds. The summed E-state index contributed by atoms with van der Waals surface area (Å²) in [6, 6.07) is 2.77. The standard InChI is InChI=1S/C14H18F3NO2/c1-13(5-4-6-18-13)9-7-10(14(15,16)17)12(20-3)11(8-9)19-2/h7-8,18H,4-6H2,1-3H3. The van der Waals surface area contributed by atoms with Crippen molar-refractivity contribution < 1.29 is 22.6 Å². The molecule has 3 nitrogen and oxygen atoms in total. The smallest absolute Gasteiger partial charge is 0.420 e. The highest BCUT2D eigenvalue weighted by molar-refractivity contribution is 5.52. The zero-order valence-corrected chi connectivity index (χ0v) is 11.7. The summed E-state index contributed by atoms with van der Waals surface area (Å²) in [6.07, 6.45) is -2.75. The molecule has 1 saturated heterocycles. The SMILES string of the molecule is COc1cc(C2(C)CCCN2)cc(C(F)(F)F)c1OC. The van der Waals surface area contributed by atoms with Crippen molar-refractivity contribution in [1.29, 1.82) is 0 Å². The second-order valence-corrected chi connectivity index (χ2v) is 5.12. The number of halogens is 3. The third kappa shape index (κ3) is 2.57. The highest BCUT2D eigenvalue weighted by Crippen LogP contribution is 2.45. The first-order valence-corrected chi connectivity index (χ1v) is 6.40. The quantitative estimate of drug-likeness (QED) is 0.926. The van der Waals surface area contributed by atoms with Crippen LogP contribution in [0.1, 0.15) is 30.9 Å². The van der Waals surface area contributed by atoms with Crippen LogP contribution < -0.4 is 14.8 Å². The molecule has 1 aliphatic rings. The second kappa shape index (κ2) is 5.16. The van der Waals surface area contributed by atoms with Crippen LogP contribution >= 0.6 is 0 Å². The minimum absolute atomic E-state index is 0.104. The number of hydrogen-bond acceptors (Lipinski definition) is 3. The largest absolute Gasteiger partial charge is 0.493 e. The Balaban J connectivity index is 2.61. The second-order valence-electron chi connectivity index (χ2n) is 5.12. The van der Waals surface area contributed by atoms with E-state index in [9.17, 15) is 13.2 Å². The normalized spacial score (nSPS) is 22.9. The predicted octanol–water partition coefficient (Wildman–Crippen LogP) is 3.32. The summed E-state index contributed by atoms with van der Waals surface area (Å²) >= 11 is 0. The van der Waals surface area contributed by atoms with Gasteiger partial charge in [0.15, 0.2) is 11.5 Å². The maximum Gasteiger partial charge on any atom is 0.420 e. The summed E-state index contributed by atoms with van der Waals surface area (Å²) in [7, 11) is 2.55. The van der Waals surface area contributed by atoms with Gasteiger partial charge in [-0.2, -0.15) is 13.2 Å². The first kappa shape index (κ1) is 15.0. The molecular formula is C14H18F3NO2. The van der Waals surface area contributed by atoms with Gasteiger partial charge in [-0.1, -0.05) is 0 Å². The van der Waals surface area contributed by atoms with Gasteiger partial charge in [-0.25, -0.2) is 0 Å². The first-order chi connectivity index (χ1) is 9.31. The van der Waals surface area contributed by atoms with Crippen LogP contribution in [0, 0.1) is 0 Å². The minimum atomic E-state index is -4.48.